The Morgan fingerprint density at radius 1 is 1.47 bits per heavy atom. The zero-order valence-corrected chi connectivity index (χ0v) is 9.87. The Kier molecular flexibility index (Phi) is 3.28. The molecule has 1 aliphatic carbocycles. The second-order valence-corrected chi connectivity index (χ2v) is 4.52. The number of nitrogens with zero attached hydrogens (tertiary/aromatic N) is 2. The average Bonchev–Trinajstić information content (AvgIpc) is 3.14. The molecule has 5 heteroatoms. The maximum Gasteiger partial charge on any atom is 0.269 e. The number of hydrogen-bond donors (Lipinski definition) is 1. The van der Waals surface area contributed by atoms with Gasteiger partial charge in [-0.25, -0.2) is 0 Å². The molecule has 2 rings (SSSR count). The molecule has 1 atom stereocenters. The molecule has 1 aromatic rings. The number of rotatable bonds is 5. The highest BCUT2D eigenvalue weighted by Crippen LogP contribution is 2.36. The van der Waals surface area contributed by atoms with Gasteiger partial charge >= 0.3 is 0 Å². The summed E-state index contributed by atoms with van der Waals surface area (Å²) in [7, 11) is 2.00. The van der Waals surface area contributed by atoms with Gasteiger partial charge in [0.15, 0.2) is 0 Å². The summed E-state index contributed by atoms with van der Waals surface area (Å²) in [6.45, 7) is 0.623. The fourth-order valence-corrected chi connectivity index (χ4v) is 2.15. The van der Waals surface area contributed by atoms with Crippen LogP contribution in [-0.4, -0.2) is 24.6 Å². The minimum atomic E-state index is -0.384. The van der Waals surface area contributed by atoms with E-state index in [1.54, 1.807) is 12.1 Å². The van der Waals surface area contributed by atoms with Gasteiger partial charge in [-0.1, -0.05) is 0 Å². The normalized spacial score (nSPS) is 16.6. The van der Waals surface area contributed by atoms with E-state index in [0.717, 1.165) is 5.69 Å². The second-order valence-electron chi connectivity index (χ2n) is 4.52. The van der Waals surface area contributed by atoms with Crippen molar-refractivity contribution in [2.75, 3.05) is 18.5 Å². The highest BCUT2D eigenvalue weighted by atomic mass is 16.6. The predicted molar refractivity (Wildman–Crippen MR) is 67.1 cm³/mol. The van der Waals surface area contributed by atoms with Crippen LogP contribution in [0.15, 0.2) is 24.3 Å². The van der Waals surface area contributed by atoms with Gasteiger partial charge in [0.25, 0.3) is 5.69 Å². The summed E-state index contributed by atoms with van der Waals surface area (Å²) < 4.78 is 0. The standard InChI is InChI=1S/C12H17N3O2/c1-14(12(8-13)9-2-3-9)10-4-6-11(7-5-10)15(16)17/h4-7,9,12H,2-3,8,13H2,1H3. The Bertz CT molecular complexity index is 401. The lowest BCUT2D eigenvalue weighted by atomic mass is 10.1. The van der Waals surface area contributed by atoms with E-state index in [1.807, 2.05) is 7.05 Å². The largest absolute Gasteiger partial charge is 0.370 e. The molecule has 0 bridgehead atoms. The summed E-state index contributed by atoms with van der Waals surface area (Å²) in [5.74, 6) is 0.681. The van der Waals surface area contributed by atoms with Crippen LogP contribution in [0.5, 0.6) is 0 Å². The highest BCUT2D eigenvalue weighted by Gasteiger charge is 2.33. The summed E-state index contributed by atoms with van der Waals surface area (Å²) in [4.78, 5) is 12.3. The Hall–Kier alpha value is -1.62. The molecule has 0 spiro atoms. The average molecular weight is 235 g/mol. The van der Waals surface area contributed by atoms with Crippen LogP contribution in [0.1, 0.15) is 12.8 Å². The number of nitrogens with two attached hydrogens (primary N) is 1. The van der Waals surface area contributed by atoms with E-state index < -0.39 is 0 Å². The molecule has 5 nitrogen and oxygen atoms in total. The van der Waals surface area contributed by atoms with Crippen molar-refractivity contribution in [1.82, 2.24) is 0 Å². The second kappa shape index (κ2) is 4.71. The van der Waals surface area contributed by atoms with Gasteiger partial charge in [-0.3, -0.25) is 10.1 Å². The highest BCUT2D eigenvalue weighted by molar-refractivity contribution is 5.51. The summed E-state index contributed by atoms with van der Waals surface area (Å²) in [5, 5.41) is 10.6. The van der Waals surface area contributed by atoms with Gasteiger partial charge in [-0.05, 0) is 30.9 Å². The van der Waals surface area contributed by atoms with Gasteiger partial charge in [0.05, 0.1) is 4.92 Å². The number of anilines is 1. The lowest BCUT2D eigenvalue weighted by Crippen LogP contribution is -2.39. The van der Waals surface area contributed by atoms with Crippen LogP contribution in [0.4, 0.5) is 11.4 Å². The van der Waals surface area contributed by atoms with Gasteiger partial charge in [0.1, 0.15) is 0 Å². The van der Waals surface area contributed by atoms with Crippen molar-refractivity contribution in [2.45, 2.75) is 18.9 Å². The van der Waals surface area contributed by atoms with E-state index >= 15 is 0 Å². The number of nitro groups is 1. The van der Waals surface area contributed by atoms with Crippen LogP contribution in [-0.2, 0) is 0 Å². The first kappa shape index (κ1) is 11.9. The molecule has 1 aromatic carbocycles. The minimum Gasteiger partial charge on any atom is -0.370 e. The monoisotopic (exact) mass is 235 g/mol. The quantitative estimate of drug-likeness (QED) is 0.623. The topological polar surface area (TPSA) is 72.4 Å². The van der Waals surface area contributed by atoms with Crippen molar-refractivity contribution in [1.29, 1.82) is 0 Å². The lowest BCUT2D eigenvalue weighted by molar-refractivity contribution is -0.384. The van der Waals surface area contributed by atoms with Crippen molar-refractivity contribution in [3.63, 3.8) is 0 Å². The van der Waals surface area contributed by atoms with E-state index in [2.05, 4.69) is 4.90 Å². The predicted octanol–water partition coefficient (Wildman–Crippen LogP) is 1.77. The van der Waals surface area contributed by atoms with E-state index in [4.69, 9.17) is 5.73 Å². The first-order valence-corrected chi connectivity index (χ1v) is 5.81. The van der Waals surface area contributed by atoms with Crippen LogP contribution in [0, 0.1) is 16.0 Å². The Balaban J connectivity index is 2.12. The molecule has 17 heavy (non-hydrogen) atoms. The smallest absolute Gasteiger partial charge is 0.269 e. The zero-order valence-electron chi connectivity index (χ0n) is 9.87. The zero-order chi connectivity index (χ0) is 12.4. The van der Waals surface area contributed by atoms with Gasteiger partial charge in [-0.2, -0.15) is 0 Å². The molecule has 92 valence electrons. The molecule has 0 saturated heterocycles. The molecular weight excluding hydrogens is 218 g/mol. The molecule has 1 fully saturated rings. The first-order valence-electron chi connectivity index (χ1n) is 5.81. The molecule has 1 aliphatic rings. The number of non-ortho nitro benzene ring substituents is 1. The molecule has 1 saturated carbocycles. The summed E-state index contributed by atoms with van der Waals surface area (Å²) in [6.07, 6.45) is 2.47. The summed E-state index contributed by atoms with van der Waals surface area (Å²) in [5.41, 5.74) is 6.89. The number of benzene rings is 1. The van der Waals surface area contributed by atoms with Gasteiger partial charge in [0.2, 0.25) is 0 Å². The SMILES string of the molecule is CN(c1ccc([N+](=O)[O-])cc1)C(CN)C1CC1. The molecule has 0 heterocycles. The van der Waals surface area contributed by atoms with Crippen LogP contribution >= 0.6 is 0 Å². The van der Waals surface area contributed by atoms with Crippen molar-refractivity contribution in [2.24, 2.45) is 11.7 Å². The van der Waals surface area contributed by atoms with E-state index in [1.165, 1.54) is 25.0 Å². The van der Waals surface area contributed by atoms with Gasteiger partial charge < -0.3 is 10.6 Å². The Labute approximate surface area is 100 Å². The fraction of sp³-hybridized carbons (Fsp3) is 0.500. The number of likely N-dealkylation sites (N-methyl/N-ethyl adjacent to an activating group) is 1. The molecule has 0 aromatic heterocycles. The van der Waals surface area contributed by atoms with E-state index in [9.17, 15) is 10.1 Å². The Morgan fingerprint density at radius 2 is 2.06 bits per heavy atom. The van der Waals surface area contributed by atoms with E-state index in [0.29, 0.717) is 18.5 Å². The van der Waals surface area contributed by atoms with Crippen molar-refractivity contribution < 1.29 is 4.92 Å². The minimum absolute atomic E-state index is 0.123. The van der Waals surface area contributed by atoms with Crippen LogP contribution in [0.2, 0.25) is 0 Å². The first-order chi connectivity index (χ1) is 8.13. The Morgan fingerprint density at radius 3 is 2.47 bits per heavy atom. The molecule has 2 N–H and O–H groups in total. The summed E-state index contributed by atoms with van der Waals surface area (Å²) >= 11 is 0. The third-order valence-corrected chi connectivity index (χ3v) is 3.37. The number of nitro benzene ring substituents is 1. The maximum absolute atomic E-state index is 10.6. The molecule has 0 radical (unpaired) electrons. The van der Waals surface area contributed by atoms with Crippen molar-refractivity contribution in [3.8, 4) is 0 Å². The summed E-state index contributed by atoms with van der Waals surface area (Å²) in [6, 6.07) is 6.97. The fourth-order valence-electron chi connectivity index (χ4n) is 2.15. The molecule has 0 amide bonds. The molecule has 0 aliphatic heterocycles. The van der Waals surface area contributed by atoms with Gasteiger partial charge in [-0.15, -0.1) is 0 Å². The molecular formula is C12H17N3O2. The third kappa shape index (κ3) is 2.55. The lowest BCUT2D eigenvalue weighted by Gasteiger charge is -2.29. The third-order valence-electron chi connectivity index (χ3n) is 3.37. The maximum atomic E-state index is 10.6. The number of hydrogen-bond acceptors (Lipinski definition) is 4. The van der Waals surface area contributed by atoms with Crippen LogP contribution < -0.4 is 10.6 Å². The van der Waals surface area contributed by atoms with Crippen molar-refractivity contribution in [3.05, 3.63) is 34.4 Å². The van der Waals surface area contributed by atoms with E-state index in [-0.39, 0.29) is 10.6 Å². The van der Waals surface area contributed by atoms with Crippen LogP contribution in [0.3, 0.4) is 0 Å². The van der Waals surface area contributed by atoms with Gasteiger partial charge in [0, 0.05) is 37.5 Å². The molecule has 1 unspecified atom stereocenters. The van der Waals surface area contributed by atoms with Crippen LogP contribution in [0.25, 0.3) is 0 Å². The van der Waals surface area contributed by atoms with Crippen molar-refractivity contribution >= 4 is 11.4 Å².